The molecule has 1 aromatic heterocycles. The molecule has 0 saturated carbocycles. The van der Waals surface area contributed by atoms with Gasteiger partial charge < -0.3 is 5.11 Å². The molecule has 0 bridgehead atoms. The molecule has 0 saturated heterocycles. The van der Waals surface area contributed by atoms with Gasteiger partial charge in [-0.1, -0.05) is 43.7 Å². The molecule has 3 aromatic rings. The Morgan fingerprint density at radius 3 is 2.44 bits per heavy atom. The van der Waals surface area contributed by atoms with Crippen molar-refractivity contribution in [2.45, 2.75) is 46.5 Å². The summed E-state index contributed by atoms with van der Waals surface area (Å²) in [6, 6.07) is 13.4. The molecule has 0 amide bonds. The monoisotopic (exact) mass is 379 g/mol. The van der Waals surface area contributed by atoms with E-state index in [0.717, 1.165) is 21.8 Å². The van der Waals surface area contributed by atoms with Gasteiger partial charge in [-0.05, 0) is 49.9 Å². The third kappa shape index (κ3) is 4.45. The first-order valence-corrected chi connectivity index (χ1v) is 10.1. The van der Waals surface area contributed by atoms with Crippen molar-refractivity contribution in [1.29, 1.82) is 0 Å². The second-order valence-electron chi connectivity index (χ2n) is 7.27. The highest BCUT2D eigenvalue weighted by Gasteiger charge is 2.17. The van der Waals surface area contributed by atoms with Crippen LogP contribution < -0.4 is 0 Å². The van der Waals surface area contributed by atoms with E-state index in [9.17, 15) is 9.90 Å². The van der Waals surface area contributed by atoms with Gasteiger partial charge in [0.05, 0.1) is 5.69 Å². The second kappa shape index (κ2) is 8.05. The lowest BCUT2D eigenvalue weighted by atomic mass is 10.0. The fraction of sp³-hybridized carbons (Fsp3) is 0.304. The van der Waals surface area contributed by atoms with Crippen LogP contribution in [0.3, 0.4) is 0 Å². The lowest BCUT2D eigenvalue weighted by molar-refractivity contribution is 0.0983. The molecule has 4 heteroatoms. The Labute approximate surface area is 164 Å². The van der Waals surface area contributed by atoms with E-state index < -0.39 is 0 Å². The van der Waals surface area contributed by atoms with E-state index in [-0.39, 0.29) is 11.5 Å². The number of hydrogen-bond acceptors (Lipinski definition) is 4. The Bertz CT molecular complexity index is 955. The number of Topliss-reactive ketones (excluding diaryl/α,β-unsaturated/α-hetero) is 1. The van der Waals surface area contributed by atoms with Crippen LogP contribution in [-0.2, 0) is 6.42 Å². The fourth-order valence-corrected chi connectivity index (χ4v) is 4.24. The molecule has 0 fully saturated rings. The Hall–Kier alpha value is -2.46. The highest BCUT2D eigenvalue weighted by Crippen LogP contribution is 2.33. The Morgan fingerprint density at radius 2 is 1.81 bits per heavy atom. The van der Waals surface area contributed by atoms with Gasteiger partial charge in [-0.15, -0.1) is 11.3 Å². The predicted molar refractivity (Wildman–Crippen MR) is 112 cm³/mol. The molecule has 140 valence electrons. The summed E-state index contributed by atoms with van der Waals surface area (Å²) in [5, 5.41) is 10.7. The van der Waals surface area contributed by atoms with Crippen LogP contribution in [0.4, 0.5) is 0 Å². The summed E-state index contributed by atoms with van der Waals surface area (Å²) in [5.41, 5.74) is 4.82. The minimum absolute atomic E-state index is 0.0955. The molecule has 3 nitrogen and oxygen atoms in total. The van der Waals surface area contributed by atoms with Crippen molar-refractivity contribution in [2.75, 3.05) is 0 Å². The standard InChI is InChI=1S/C23H25NO2S/c1-14(2)22-21(27-23(24-22)17-7-5-15(3)6-8-17)12-11-20(26)18-9-10-19(25)16(4)13-18/h5-10,13-14,25H,11-12H2,1-4H3. The molecule has 2 aromatic carbocycles. The van der Waals surface area contributed by atoms with Gasteiger partial charge in [0, 0.05) is 22.4 Å². The number of thiazole rings is 1. The molecule has 0 radical (unpaired) electrons. The zero-order valence-corrected chi connectivity index (χ0v) is 17.1. The Kier molecular flexibility index (Phi) is 5.76. The second-order valence-corrected chi connectivity index (χ2v) is 8.36. The number of ketones is 1. The van der Waals surface area contributed by atoms with E-state index >= 15 is 0 Å². The summed E-state index contributed by atoms with van der Waals surface area (Å²) >= 11 is 1.69. The van der Waals surface area contributed by atoms with E-state index in [4.69, 9.17) is 4.98 Å². The zero-order valence-electron chi connectivity index (χ0n) is 16.2. The van der Waals surface area contributed by atoms with Crippen molar-refractivity contribution < 1.29 is 9.90 Å². The average molecular weight is 380 g/mol. The van der Waals surface area contributed by atoms with Crippen LogP contribution in [0.15, 0.2) is 42.5 Å². The van der Waals surface area contributed by atoms with Crippen LogP contribution in [0.2, 0.25) is 0 Å². The average Bonchev–Trinajstić information content (AvgIpc) is 3.07. The van der Waals surface area contributed by atoms with Gasteiger partial charge in [-0.25, -0.2) is 4.98 Å². The minimum Gasteiger partial charge on any atom is -0.508 e. The topological polar surface area (TPSA) is 50.2 Å². The number of phenolic OH excluding ortho intramolecular Hbond substituents is 1. The van der Waals surface area contributed by atoms with Crippen molar-refractivity contribution in [3.05, 3.63) is 69.7 Å². The van der Waals surface area contributed by atoms with Crippen LogP contribution in [0.1, 0.15) is 58.2 Å². The molecule has 0 aliphatic heterocycles. The van der Waals surface area contributed by atoms with Crippen molar-refractivity contribution in [1.82, 2.24) is 4.98 Å². The van der Waals surface area contributed by atoms with Crippen LogP contribution in [0, 0.1) is 13.8 Å². The number of hydrogen-bond donors (Lipinski definition) is 1. The highest BCUT2D eigenvalue weighted by atomic mass is 32.1. The van der Waals surface area contributed by atoms with Crippen LogP contribution in [0.5, 0.6) is 5.75 Å². The predicted octanol–water partition coefficient (Wildman–Crippen LogP) is 6.07. The van der Waals surface area contributed by atoms with Crippen LogP contribution >= 0.6 is 11.3 Å². The quantitative estimate of drug-likeness (QED) is 0.529. The lowest BCUT2D eigenvalue weighted by Gasteiger charge is -2.06. The summed E-state index contributed by atoms with van der Waals surface area (Å²) < 4.78 is 0. The SMILES string of the molecule is Cc1ccc(-c2nc(C(C)C)c(CCC(=O)c3ccc(O)c(C)c3)s2)cc1. The van der Waals surface area contributed by atoms with Crippen molar-refractivity contribution in [3.8, 4) is 16.3 Å². The fourth-order valence-electron chi connectivity index (χ4n) is 3.01. The van der Waals surface area contributed by atoms with Crippen LogP contribution in [-0.4, -0.2) is 15.9 Å². The molecule has 0 aliphatic carbocycles. The van der Waals surface area contributed by atoms with E-state index in [1.165, 1.54) is 10.4 Å². The lowest BCUT2D eigenvalue weighted by Crippen LogP contribution is -2.02. The number of benzene rings is 2. The number of nitrogens with zero attached hydrogens (tertiary/aromatic N) is 1. The number of aromatic nitrogens is 1. The first-order chi connectivity index (χ1) is 12.8. The van der Waals surface area contributed by atoms with Crippen LogP contribution in [0.25, 0.3) is 10.6 Å². The third-order valence-electron chi connectivity index (χ3n) is 4.67. The number of carbonyl (C=O) groups is 1. The van der Waals surface area contributed by atoms with E-state index in [1.54, 1.807) is 36.5 Å². The molecule has 1 N–H and O–H groups in total. The van der Waals surface area contributed by atoms with Gasteiger partial charge in [-0.2, -0.15) is 0 Å². The molecule has 3 rings (SSSR count). The Morgan fingerprint density at radius 1 is 1.11 bits per heavy atom. The van der Waals surface area contributed by atoms with Gasteiger partial charge in [0.25, 0.3) is 0 Å². The first kappa shape index (κ1) is 19.3. The number of carbonyl (C=O) groups excluding carboxylic acids is 1. The highest BCUT2D eigenvalue weighted by molar-refractivity contribution is 7.15. The van der Waals surface area contributed by atoms with Crippen molar-refractivity contribution in [2.24, 2.45) is 0 Å². The van der Waals surface area contributed by atoms with E-state index in [2.05, 4.69) is 45.0 Å². The molecule has 0 unspecified atom stereocenters. The maximum Gasteiger partial charge on any atom is 0.163 e. The minimum atomic E-state index is 0.0955. The molecule has 1 heterocycles. The Balaban J connectivity index is 1.80. The molecular weight excluding hydrogens is 354 g/mol. The number of rotatable bonds is 6. The van der Waals surface area contributed by atoms with E-state index in [0.29, 0.717) is 24.3 Å². The number of phenols is 1. The van der Waals surface area contributed by atoms with E-state index in [1.807, 2.05) is 0 Å². The van der Waals surface area contributed by atoms with Crippen molar-refractivity contribution in [3.63, 3.8) is 0 Å². The third-order valence-corrected chi connectivity index (χ3v) is 5.85. The number of aromatic hydroxyl groups is 1. The molecule has 0 spiro atoms. The van der Waals surface area contributed by atoms with Gasteiger partial charge in [-0.3, -0.25) is 4.79 Å². The van der Waals surface area contributed by atoms with Crippen molar-refractivity contribution >= 4 is 17.1 Å². The number of aryl methyl sites for hydroxylation is 3. The molecular formula is C23H25NO2S. The molecule has 27 heavy (non-hydrogen) atoms. The van der Waals surface area contributed by atoms with Gasteiger partial charge in [0.15, 0.2) is 5.78 Å². The molecule has 0 atom stereocenters. The summed E-state index contributed by atoms with van der Waals surface area (Å²) in [7, 11) is 0. The smallest absolute Gasteiger partial charge is 0.163 e. The zero-order chi connectivity index (χ0) is 19.6. The summed E-state index contributed by atoms with van der Waals surface area (Å²) in [6.07, 6.45) is 1.13. The maximum atomic E-state index is 12.6. The summed E-state index contributed by atoms with van der Waals surface area (Å²) in [6.45, 7) is 8.17. The normalized spacial score (nSPS) is 11.1. The summed E-state index contributed by atoms with van der Waals surface area (Å²) in [5.74, 6) is 0.637. The first-order valence-electron chi connectivity index (χ1n) is 9.24. The van der Waals surface area contributed by atoms with Gasteiger partial charge in [0.2, 0.25) is 0 Å². The molecule has 0 aliphatic rings. The van der Waals surface area contributed by atoms with Gasteiger partial charge in [0.1, 0.15) is 10.8 Å². The van der Waals surface area contributed by atoms with Gasteiger partial charge >= 0.3 is 0 Å². The maximum absolute atomic E-state index is 12.6. The largest absolute Gasteiger partial charge is 0.508 e. The summed E-state index contributed by atoms with van der Waals surface area (Å²) in [4.78, 5) is 18.6.